The minimum Gasteiger partial charge on any atom is -0.397 e. The zero-order valence-electron chi connectivity index (χ0n) is 12.5. The third-order valence-corrected chi connectivity index (χ3v) is 4.19. The molecule has 1 saturated heterocycles. The Morgan fingerprint density at radius 3 is 2.65 bits per heavy atom. The van der Waals surface area contributed by atoms with Crippen molar-refractivity contribution in [2.75, 3.05) is 25.4 Å². The molecular formula is C16H24N4. The number of anilines is 1. The van der Waals surface area contributed by atoms with Gasteiger partial charge in [0.15, 0.2) is 0 Å². The van der Waals surface area contributed by atoms with E-state index in [1.54, 1.807) is 0 Å². The van der Waals surface area contributed by atoms with Crippen LogP contribution in [0.2, 0.25) is 0 Å². The van der Waals surface area contributed by atoms with Crippen molar-refractivity contribution < 1.29 is 0 Å². The van der Waals surface area contributed by atoms with E-state index in [9.17, 15) is 0 Å². The Hall–Kier alpha value is -1.55. The molecule has 4 heteroatoms. The molecule has 0 amide bonds. The first-order valence-corrected chi connectivity index (χ1v) is 7.64. The first-order valence-electron chi connectivity index (χ1n) is 7.64. The lowest BCUT2D eigenvalue weighted by atomic mass is 10.2. The molecule has 1 aromatic carbocycles. The number of hydrogen-bond donors (Lipinski definition) is 1. The standard InChI is InChI=1S/C16H24N4/c1-12(2)16-18-15-13(17)6-5-7-14(15)20(16)11-10-19-8-3-4-9-19/h5-7,12H,3-4,8-11,17H2,1-2H3. The fourth-order valence-electron chi connectivity index (χ4n) is 3.11. The number of fused-ring (bicyclic) bond motifs is 1. The van der Waals surface area contributed by atoms with Crippen molar-refractivity contribution in [3.8, 4) is 0 Å². The topological polar surface area (TPSA) is 47.1 Å². The first-order chi connectivity index (χ1) is 9.66. The van der Waals surface area contributed by atoms with Crippen LogP contribution in [0.15, 0.2) is 18.2 Å². The summed E-state index contributed by atoms with van der Waals surface area (Å²) in [6.07, 6.45) is 2.68. The van der Waals surface area contributed by atoms with Crippen molar-refractivity contribution >= 4 is 16.7 Å². The van der Waals surface area contributed by atoms with E-state index in [0.29, 0.717) is 5.92 Å². The van der Waals surface area contributed by atoms with Crippen LogP contribution >= 0.6 is 0 Å². The van der Waals surface area contributed by atoms with E-state index in [1.807, 2.05) is 12.1 Å². The van der Waals surface area contributed by atoms with Crippen LogP contribution in [0.5, 0.6) is 0 Å². The number of likely N-dealkylation sites (tertiary alicyclic amines) is 1. The maximum Gasteiger partial charge on any atom is 0.112 e. The van der Waals surface area contributed by atoms with E-state index < -0.39 is 0 Å². The molecule has 2 N–H and O–H groups in total. The fourth-order valence-corrected chi connectivity index (χ4v) is 3.11. The third kappa shape index (κ3) is 2.40. The van der Waals surface area contributed by atoms with Crippen molar-refractivity contribution in [1.82, 2.24) is 14.5 Å². The number of imidazole rings is 1. The Morgan fingerprint density at radius 1 is 1.20 bits per heavy atom. The summed E-state index contributed by atoms with van der Waals surface area (Å²) in [6, 6.07) is 6.09. The van der Waals surface area contributed by atoms with Crippen LogP contribution in [-0.2, 0) is 6.54 Å². The molecule has 0 radical (unpaired) electrons. The summed E-state index contributed by atoms with van der Waals surface area (Å²) in [6.45, 7) is 9.00. The Balaban J connectivity index is 1.94. The molecule has 4 nitrogen and oxygen atoms in total. The predicted molar refractivity (Wildman–Crippen MR) is 83.9 cm³/mol. The molecule has 0 spiro atoms. The second kappa shape index (κ2) is 5.44. The first kappa shape index (κ1) is 13.4. The van der Waals surface area contributed by atoms with Gasteiger partial charge in [0.05, 0.1) is 11.2 Å². The lowest BCUT2D eigenvalue weighted by Gasteiger charge is -2.17. The Kier molecular flexibility index (Phi) is 3.66. The summed E-state index contributed by atoms with van der Waals surface area (Å²) in [5, 5.41) is 0. The zero-order valence-corrected chi connectivity index (χ0v) is 12.5. The van der Waals surface area contributed by atoms with Crippen LogP contribution in [0.3, 0.4) is 0 Å². The van der Waals surface area contributed by atoms with Gasteiger partial charge in [-0.15, -0.1) is 0 Å². The Bertz CT molecular complexity index is 594. The maximum absolute atomic E-state index is 6.07. The molecule has 1 aliphatic heterocycles. The van der Waals surface area contributed by atoms with Gasteiger partial charge in [-0.2, -0.15) is 0 Å². The Labute approximate surface area is 120 Å². The number of nitrogens with two attached hydrogens (primary N) is 1. The highest BCUT2D eigenvalue weighted by molar-refractivity contribution is 5.87. The normalized spacial score (nSPS) is 16.6. The van der Waals surface area contributed by atoms with Gasteiger partial charge in [0, 0.05) is 19.0 Å². The quantitative estimate of drug-likeness (QED) is 0.871. The molecule has 2 heterocycles. The van der Waals surface area contributed by atoms with Crippen LogP contribution in [-0.4, -0.2) is 34.1 Å². The summed E-state index contributed by atoms with van der Waals surface area (Å²) < 4.78 is 2.36. The Morgan fingerprint density at radius 2 is 1.95 bits per heavy atom. The molecule has 0 bridgehead atoms. The van der Waals surface area contributed by atoms with Crippen molar-refractivity contribution in [2.45, 2.75) is 39.2 Å². The van der Waals surface area contributed by atoms with Gasteiger partial charge in [-0.05, 0) is 38.1 Å². The van der Waals surface area contributed by atoms with E-state index >= 15 is 0 Å². The van der Waals surface area contributed by atoms with Gasteiger partial charge < -0.3 is 15.2 Å². The van der Waals surface area contributed by atoms with E-state index in [4.69, 9.17) is 10.7 Å². The van der Waals surface area contributed by atoms with Gasteiger partial charge >= 0.3 is 0 Å². The lowest BCUT2D eigenvalue weighted by molar-refractivity contribution is 0.321. The van der Waals surface area contributed by atoms with E-state index in [-0.39, 0.29) is 0 Å². The molecule has 1 fully saturated rings. The second-order valence-corrected chi connectivity index (χ2v) is 6.04. The average molecular weight is 272 g/mol. The lowest BCUT2D eigenvalue weighted by Crippen LogP contribution is -2.24. The number of nitrogens with zero attached hydrogens (tertiary/aromatic N) is 3. The molecular weight excluding hydrogens is 248 g/mol. The zero-order chi connectivity index (χ0) is 14.1. The number of aromatic nitrogens is 2. The SMILES string of the molecule is CC(C)c1nc2c(N)cccc2n1CCN1CCCC1. The number of para-hydroxylation sites is 1. The summed E-state index contributed by atoms with van der Waals surface area (Å²) in [4.78, 5) is 7.32. The third-order valence-electron chi connectivity index (χ3n) is 4.19. The largest absolute Gasteiger partial charge is 0.397 e. The van der Waals surface area contributed by atoms with Crippen molar-refractivity contribution in [1.29, 1.82) is 0 Å². The molecule has 0 saturated carbocycles. The molecule has 20 heavy (non-hydrogen) atoms. The number of hydrogen-bond acceptors (Lipinski definition) is 3. The van der Waals surface area contributed by atoms with Gasteiger partial charge in [0.1, 0.15) is 11.3 Å². The molecule has 0 atom stereocenters. The average Bonchev–Trinajstić information content (AvgIpc) is 3.03. The minimum absolute atomic E-state index is 0.417. The molecule has 1 aliphatic rings. The molecule has 0 unspecified atom stereocenters. The smallest absolute Gasteiger partial charge is 0.112 e. The van der Waals surface area contributed by atoms with Crippen LogP contribution in [0.25, 0.3) is 11.0 Å². The fraction of sp³-hybridized carbons (Fsp3) is 0.562. The minimum atomic E-state index is 0.417. The molecule has 108 valence electrons. The van der Waals surface area contributed by atoms with E-state index in [2.05, 4.69) is 29.4 Å². The maximum atomic E-state index is 6.07. The highest BCUT2D eigenvalue weighted by Crippen LogP contribution is 2.25. The monoisotopic (exact) mass is 272 g/mol. The number of nitrogen functional groups attached to an aromatic ring is 1. The van der Waals surface area contributed by atoms with Crippen molar-refractivity contribution in [3.05, 3.63) is 24.0 Å². The van der Waals surface area contributed by atoms with Crippen LogP contribution < -0.4 is 5.73 Å². The van der Waals surface area contributed by atoms with Gasteiger partial charge in [0.2, 0.25) is 0 Å². The summed E-state index contributed by atoms with van der Waals surface area (Å²) in [5.74, 6) is 1.57. The number of rotatable bonds is 4. The van der Waals surface area contributed by atoms with Gasteiger partial charge in [-0.25, -0.2) is 4.98 Å². The highest BCUT2D eigenvalue weighted by atomic mass is 15.2. The number of benzene rings is 1. The summed E-state index contributed by atoms with van der Waals surface area (Å²) >= 11 is 0. The molecule has 2 aromatic rings. The molecule has 1 aromatic heterocycles. The summed E-state index contributed by atoms with van der Waals surface area (Å²) in [7, 11) is 0. The predicted octanol–water partition coefficient (Wildman–Crippen LogP) is 2.84. The van der Waals surface area contributed by atoms with Gasteiger partial charge in [0.25, 0.3) is 0 Å². The van der Waals surface area contributed by atoms with Crippen LogP contribution in [0.1, 0.15) is 38.4 Å². The van der Waals surface area contributed by atoms with Crippen LogP contribution in [0.4, 0.5) is 5.69 Å². The highest BCUT2D eigenvalue weighted by Gasteiger charge is 2.17. The van der Waals surface area contributed by atoms with E-state index in [0.717, 1.165) is 30.1 Å². The molecule has 0 aliphatic carbocycles. The van der Waals surface area contributed by atoms with Crippen molar-refractivity contribution in [3.63, 3.8) is 0 Å². The molecule has 3 rings (SSSR count). The van der Waals surface area contributed by atoms with Crippen LogP contribution in [0, 0.1) is 0 Å². The van der Waals surface area contributed by atoms with E-state index in [1.165, 1.54) is 31.4 Å². The van der Waals surface area contributed by atoms with Crippen molar-refractivity contribution in [2.24, 2.45) is 0 Å². The van der Waals surface area contributed by atoms with Gasteiger partial charge in [-0.3, -0.25) is 0 Å². The van der Waals surface area contributed by atoms with Gasteiger partial charge in [-0.1, -0.05) is 19.9 Å². The second-order valence-electron chi connectivity index (χ2n) is 6.04. The summed E-state index contributed by atoms with van der Waals surface area (Å²) in [5.41, 5.74) is 8.98.